The number of rotatable bonds is 5. The van der Waals surface area contributed by atoms with Crippen molar-refractivity contribution in [2.75, 3.05) is 0 Å². The van der Waals surface area contributed by atoms with Crippen molar-refractivity contribution in [3.63, 3.8) is 0 Å². The van der Waals surface area contributed by atoms with Crippen molar-refractivity contribution in [2.45, 2.75) is 18.0 Å². The molecule has 0 aliphatic carbocycles. The van der Waals surface area contributed by atoms with Crippen LogP contribution in [0.15, 0.2) is 57.9 Å². The van der Waals surface area contributed by atoms with Crippen LogP contribution in [0.4, 0.5) is 0 Å². The monoisotopic (exact) mass is 355 g/mol. The van der Waals surface area contributed by atoms with E-state index in [4.69, 9.17) is 5.11 Å². The van der Waals surface area contributed by atoms with Gasteiger partial charge in [0.15, 0.2) is 0 Å². The van der Waals surface area contributed by atoms with Gasteiger partial charge in [-0.2, -0.15) is 0 Å². The van der Waals surface area contributed by atoms with Gasteiger partial charge in [-0.05, 0) is 29.3 Å². The van der Waals surface area contributed by atoms with Gasteiger partial charge in [-0.15, -0.1) is 0 Å². The molecule has 0 spiro atoms. The quantitative estimate of drug-likeness (QED) is 0.865. The van der Waals surface area contributed by atoms with E-state index in [1.165, 1.54) is 6.07 Å². The van der Waals surface area contributed by atoms with Gasteiger partial charge in [0.05, 0.1) is 11.5 Å². The summed E-state index contributed by atoms with van der Waals surface area (Å²) in [7, 11) is -3.54. The Balaban J connectivity index is 2.13. The molecule has 0 bridgehead atoms. The zero-order valence-corrected chi connectivity index (χ0v) is 13.0. The van der Waals surface area contributed by atoms with E-state index < -0.39 is 10.0 Å². The van der Waals surface area contributed by atoms with Gasteiger partial charge in [-0.25, -0.2) is 13.1 Å². The van der Waals surface area contributed by atoms with E-state index in [0.29, 0.717) is 4.47 Å². The van der Waals surface area contributed by atoms with Crippen molar-refractivity contribution in [3.8, 4) is 0 Å². The van der Waals surface area contributed by atoms with Crippen molar-refractivity contribution in [2.24, 2.45) is 0 Å². The molecular formula is C14H14BrNO3S. The van der Waals surface area contributed by atoms with Gasteiger partial charge < -0.3 is 5.11 Å². The average Bonchev–Trinajstić information content (AvgIpc) is 2.45. The first-order chi connectivity index (χ1) is 9.51. The first kappa shape index (κ1) is 15.2. The second-order valence-corrected chi connectivity index (χ2v) is 6.94. The van der Waals surface area contributed by atoms with Crippen molar-refractivity contribution in [1.82, 2.24) is 4.72 Å². The number of aliphatic hydroxyl groups is 1. The van der Waals surface area contributed by atoms with Gasteiger partial charge >= 0.3 is 0 Å². The number of aliphatic hydroxyl groups excluding tert-OH is 1. The van der Waals surface area contributed by atoms with Gasteiger partial charge in [0.25, 0.3) is 0 Å². The summed E-state index contributed by atoms with van der Waals surface area (Å²) >= 11 is 3.25. The molecule has 4 nitrogen and oxygen atoms in total. The second-order valence-electron chi connectivity index (χ2n) is 4.26. The minimum Gasteiger partial charge on any atom is -0.392 e. The minimum atomic E-state index is -3.54. The van der Waals surface area contributed by atoms with Gasteiger partial charge in [-0.3, -0.25) is 0 Å². The van der Waals surface area contributed by atoms with Crippen molar-refractivity contribution >= 4 is 26.0 Å². The summed E-state index contributed by atoms with van der Waals surface area (Å²) in [5.74, 6) is 0. The molecule has 0 saturated heterocycles. The molecule has 0 radical (unpaired) electrons. The van der Waals surface area contributed by atoms with Gasteiger partial charge in [0, 0.05) is 11.0 Å². The molecule has 2 aromatic rings. The molecule has 6 heteroatoms. The zero-order valence-electron chi connectivity index (χ0n) is 10.6. The lowest BCUT2D eigenvalue weighted by atomic mass is 10.1. The molecule has 0 atom stereocenters. The van der Waals surface area contributed by atoms with E-state index in [1.54, 1.807) is 36.4 Å². The molecule has 2 rings (SSSR count). The third-order valence-corrected chi connectivity index (χ3v) is 4.64. The molecule has 0 aromatic heterocycles. The highest BCUT2D eigenvalue weighted by Crippen LogP contribution is 2.16. The second kappa shape index (κ2) is 6.49. The number of nitrogens with one attached hydrogen (secondary N) is 1. The summed E-state index contributed by atoms with van der Waals surface area (Å²) in [6.07, 6.45) is 0. The molecule has 0 unspecified atom stereocenters. The Hall–Kier alpha value is -1.21. The van der Waals surface area contributed by atoms with E-state index in [2.05, 4.69) is 20.7 Å². The summed E-state index contributed by atoms with van der Waals surface area (Å²) in [6.45, 7) is 0.120. The molecular weight excluding hydrogens is 342 g/mol. The molecule has 0 saturated carbocycles. The van der Waals surface area contributed by atoms with Crippen LogP contribution in [-0.2, 0) is 23.2 Å². The molecule has 2 N–H and O–H groups in total. The number of halogens is 1. The Morgan fingerprint density at radius 3 is 2.45 bits per heavy atom. The summed E-state index contributed by atoms with van der Waals surface area (Å²) in [4.78, 5) is 0.213. The van der Waals surface area contributed by atoms with E-state index in [1.807, 2.05) is 6.07 Å². The lowest BCUT2D eigenvalue weighted by molar-refractivity contribution is 0.281. The van der Waals surface area contributed by atoms with E-state index in [9.17, 15) is 8.42 Å². The van der Waals surface area contributed by atoms with Crippen molar-refractivity contribution in [3.05, 3.63) is 64.1 Å². The third-order valence-electron chi connectivity index (χ3n) is 2.75. The highest BCUT2D eigenvalue weighted by molar-refractivity contribution is 9.10. The van der Waals surface area contributed by atoms with Crippen LogP contribution in [0.25, 0.3) is 0 Å². The molecule has 0 fully saturated rings. The van der Waals surface area contributed by atoms with Crippen molar-refractivity contribution in [1.29, 1.82) is 0 Å². The van der Waals surface area contributed by atoms with E-state index >= 15 is 0 Å². The smallest absolute Gasteiger partial charge is 0.240 e. The molecule has 0 amide bonds. The van der Waals surface area contributed by atoms with Crippen molar-refractivity contribution < 1.29 is 13.5 Å². The number of hydrogen-bond acceptors (Lipinski definition) is 3. The normalized spacial score (nSPS) is 11.5. The van der Waals surface area contributed by atoms with Gasteiger partial charge in [0.1, 0.15) is 0 Å². The lowest BCUT2D eigenvalue weighted by Crippen LogP contribution is -2.23. The zero-order chi connectivity index (χ0) is 14.6. The Morgan fingerprint density at radius 1 is 1.05 bits per heavy atom. The summed E-state index contributed by atoms with van der Waals surface area (Å²) < 4.78 is 27.5. The Kier molecular flexibility index (Phi) is 4.93. The molecule has 0 aliphatic heterocycles. The maximum absolute atomic E-state index is 12.1. The first-order valence-corrected chi connectivity index (χ1v) is 8.23. The highest BCUT2D eigenvalue weighted by atomic mass is 79.9. The number of benzene rings is 2. The third kappa shape index (κ3) is 3.89. The topological polar surface area (TPSA) is 66.4 Å². The number of sulfonamides is 1. The first-order valence-electron chi connectivity index (χ1n) is 5.95. The number of hydrogen-bond donors (Lipinski definition) is 2. The fraction of sp³-hybridized carbons (Fsp3) is 0.143. The van der Waals surface area contributed by atoms with E-state index in [0.717, 1.165) is 11.1 Å². The maximum atomic E-state index is 12.1. The minimum absolute atomic E-state index is 0.0633. The fourth-order valence-corrected chi connectivity index (χ4v) is 3.35. The standard InChI is InChI=1S/C14H14BrNO3S/c15-13-5-2-6-14(8-13)20(18,19)16-9-11-3-1-4-12(7-11)10-17/h1-8,16-17H,9-10H2. The summed E-state index contributed by atoms with van der Waals surface area (Å²) in [5, 5.41) is 9.05. The predicted molar refractivity (Wildman–Crippen MR) is 80.5 cm³/mol. The van der Waals surface area contributed by atoms with Crippen LogP contribution in [0.5, 0.6) is 0 Å². The van der Waals surface area contributed by atoms with E-state index in [-0.39, 0.29) is 18.0 Å². The Morgan fingerprint density at radius 2 is 1.75 bits per heavy atom. The largest absolute Gasteiger partial charge is 0.392 e. The molecule has 2 aromatic carbocycles. The predicted octanol–water partition coefficient (Wildman–Crippen LogP) is 2.42. The SMILES string of the molecule is O=S(=O)(NCc1cccc(CO)c1)c1cccc(Br)c1. The van der Waals surface area contributed by atoms with Crippen LogP contribution in [0.3, 0.4) is 0 Å². The summed E-state index contributed by atoms with van der Waals surface area (Å²) in [5.41, 5.74) is 1.55. The molecule has 0 heterocycles. The molecule has 106 valence electrons. The highest BCUT2D eigenvalue weighted by Gasteiger charge is 2.13. The Bertz CT molecular complexity index is 701. The van der Waals surface area contributed by atoms with Crippen LogP contribution in [-0.4, -0.2) is 13.5 Å². The molecule has 0 aliphatic rings. The van der Waals surface area contributed by atoms with Crippen LogP contribution >= 0.6 is 15.9 Å². The fourth-order valence-electron chi connectivity index (χ4n) is 1.73. The van der Waals surface area contributed by atoms with Crippen LogP contribution in [0, 0.1) is 0 Å². The van der Waals surface area contributed by atoms with Crippen LogP contribution in [0.1, 0.15) is 11.1 Å². The Labute approximate surface area is 126 Å². The average molecular weight is 356 g/mol. The van der Waals surface area contributed by atoms with Gasteiger partial charge in [-0.1, -0.05) is 46.3 Å². The molecule has 20 heavy (non-hydrogen) atoms. The van der Waals surface area contributed by atoms with Crippen LogP contribution < -0.4 is 4.72 Å². The summed E-state index contributed by atoms with van der Waals surface area (Å²) in [6, 6.07) is 13.7. The van der Waals surface area contributed by atoms with Gasteiger partial charge in [0.2, 0.25) is 10.0 Å². The van der Waals surface area contributed by atoms with Crippen LogP contribution in [0.2, 0.25) is 0 Å². The lowest BCUT2D eigenvalue weighted by Gasteiger charge is -2.08. The maximum Gasteiger partial charge on any atom is 0.240 e.